The monoisotopic (exact) mass is 368 g/mol. The fourth-order valence-electron chi connectivity index (χ4n) is 2.95. The van der Waals surface area contributed by atoms with Gasteiger partial charge < -0.3 is 20.1 Å². The average molecular weight is 368 g/mol. The van der Waals surface area contributed by atoms with Crippen LogP contribution in [0.25, 0.3) is 11.3 Å². The number of hydrogen-bond acceptors (Lipinski definition) is 4. The molecule has 0 bridgehead atoms. The number of benzene rings is 1. The number of rotatable bonds is 8. The third-order valence-electron chi connectivity index (χ3n) is 4.43. The number of nitrogens with zero attached hydrogens (tertiary/aromatic N) is 2. The summed E-state index contributed by atoms with van der Waals surface area (Å²) < 4.78 is 11.1. The number of nitrogens with one attached hydrogen (secondary N) is 2. The van der Waals surface area contributed by atoms with Gasteiger partial charge in [0.25, 0.3) is 0 Å². The Balaban J connectivity index is 1.40. The number of guanidine groups is 1. The molecule has 1 aromatic carbocycles. The largest absolute Gasteiger partial charge is 0.379 e. The summed E-state index contributed by atoms with van der Waals surface area (Å²) in [6.45, 7) is 3.82. The highest BCUT2D eigenvalue weighted by atomic mass is 16.5. The van der Waals surface area contributed by atoms with Crippen LogP contribution >= 0.6 is 0 Å². The second-order valence-electron chi connectivity index (χ2n) is 6.48. The molecule has 0 aliphatic carbocycles. The quantitative estimate of drug-likeness (QED) is 0.426. The van der Waals surface area contributed by atoms with Gasteiger partial charge in [0.2, 0.25) is 0 Å². The van der Waals surface area contributed by atoms with Crippen LogP contribution in [0.3, 0.4) is 0 Å². The number of aromatic nitrogens is 1. The van der Waals surface area contributed by atoms with E-state index in [2.05, 4.69) is 44.9 Å². The molecule has 0 radical (unpaired) electrons. The van der Waals surface area contributed by atoms with Crippen molar-refractivity contribution in [2.45, 2.75) is 25.5 Å². The van der Waals surface area contributed by atoms with Crippen molar-refractivity contribution in [3.63, 3.8) is 0 Å². The van der Waals surface area contributed by atoms with Crippen LogP contribution in [0.2, 0.25) is 0 Å². The topological polar surface area (TPSA) is 67.8 Å². The van der Waals surface area contributed by atoms with Gasteiger partial charge in [0, 0.05) is 45.1 Å². The predicted molar refractivity (Wildman–Crippen MR) is 108 cm³/mol. The zero-order valence-corrected chi connectivity index (χ0v) is 15.9. The van der Waals surface area contributed by atoms with Gasteiger partial charge in [-0.05, 0) is 36.6 Å². The van der Waals surface area contributed by atoms with Crippen LogP contribution in [0.4, 0.5) is 0 Å². The van der Waals surface area contributed by atoms with Gasteiger partial charge in [-0.1, -0.05) is 24.3 Å². The third-order valence-corrected chi connectivity index (χ3v) is 4.43. The zero-order valence-electron chi connectivity index (χ0n) is 15.9. The summed E-state index contributed by atoms with van der Waals surface area (Å²) in [6, 6.07) is 14.3. The maximum atomic E-state index is 5.77. The second kappa shape index (κ2) is 10.6. The van der Waals surface area contributed by atoms with Crippen LogP contribution in [0.5, 0.6) is 0 Å². The molecule has 1 aliphatic heterocycles. The number of aliphatic imine (C=N–C) groups is 1. The van der Waals surface area contributed by atoms with Crippen molar-refractivity contribution < 1.29 is 9.47 Å². The van der Waals surface area contributed by atoms with Crippen molar-refractivity contribution in [1.29, 1.82) is 0 Å². The third kappa shape index (κ3) is 6.34. The Morgan fingerprint density at radius 3 is 3.00 bits per heavy atom. The SMILES string of the molecule is CN=C(NCCCOC1CCOC1)NCc1cccc(-c2ccccn2)c1. The molecule has 2 heterocycles. The second-order valence-corrected chi connectivity index (χ2v) is 6.48. The van der Waals surface area contributed by atoms with Gasteiger partial charge in [-0.25, -0.2) is 0 Å². The van der Waals surface area contributed by atoms with E-state index in [0.717, 1.165) is 56.4 Å². The minimum Gasteiger partial charge on any atom is -0.379 e. The fourth-order valence-corrected chi connectivity index (χ4v) is 2.95. The van der Waals surface area contributed by atoms with E-state index in [1.54, 1.807) is 7.05 Å². The summed E-state index contributed by atoms with van der Waals surface area (Å²) in [5.74, 6) is 0.794. The fraction of sp³-hybridized carbons (Fsp3) is 0.429. The van der Waals surface area contributed by atoms with Crippen LogP contribution in [-0.2, 0) is 16.0 Å². The Labute approximate surface area is 161 Å². The van der Waals surface area contributed by atoms with Gasteiger partial charge in [0.1, 0.15) is 0 Å². The highest BCUT2D eigenvalue weighted by molar-refractivity contribution is 5.79. The Hall–Kier alpha value is -2.44. The maximum Gasteiger partial charge on any atom is 0.191 e. The number of pyridine rings is 1. The molecular formula is C21H28N4O2. The van der Waals surface area contributed by atoms with E-state index < -0.39 is 0 Å². The molecule has 3 rings (SSSR count). The molecule has 0 saturated carbocycles. The van der Waals surface area contributed by atoms with E-state index in [0.29, 0.717) is 6.54 Å². The van der Waals surface area contributed by atoms with E-state index in [9.17, 15) is 0 Å². The molecule has 1 fully saturated rings. The summed E-state index contributed by atoms with van der Waals surface area (Å²) in [5, 5.41) is 6.68. The van der Waals surface area contributed by atoms with Crippen molar-refractivity contribution in [2.24, 2.45) is 4.99 Å². The Morgan fingerprint density at radius 1 is 1.26 bits per heavy atom. The predicted octanol–water partition coefficient (Wildman–Crippen LogP) is 2.61. The first-order chi connectivity index (χ1) is 13.3. The van der Waals surface area contributed by atoms with Crippen LogP contribution in [0.1, 0.15) is 18.4 Å². The van der Waals surface area contributed by atoms with Crippen molar-refractivity contribution >= 4 is 5.96 Å². The van der Waals surface area contributed by atoms with Crippen LogP contribution in [0.15, 0.2) is 53.7 Å². The Kier molecular flexibility index (Phi) is 7.62. The molecule has 1 aliphatic rings. The molecule has 27 heavy (non-hydrogen) atoms. The van der Waals surface area contributed by atoms with Crippen molar-refractivity contribution in [3.8, 4) is 11.3 Å². The zero-order chi connectivity index (χ0) is 18.7. The lowest BCUT2D eigenvalue weighted by molar-refractivity contribution is 0.0420. The van der Waals surface area contributed by atoms with E-state index >= 15 is 0 Å². The van der Waals surface area contributed by atoms with Crippen LogP contribution < -0.4 is 10.6 Å². The molecule has 1 saturated heterocycles. The summed E-state index contributed by atoms with van der Waals surface area (Å²) >= 11 is 0. The highest BCUT2D eigenvalue weighted by Crippen LogP contribution is 2.17. The molecule has 6 heteroatoms. The van der Waals surface area contributed by atoms with Crippen molar-refractivity contribution in [1.82, 2.24) is 15.6 Å². The van der Waals surface area contributed by atoms with Gasteiger partial charge in [0.15, 0.2) is 5.96 Å². The lowest BCUT2D eigenvalue weighted by atomic mass is 10.1. The van der Waals surface area contributed by atoms with Gasteiger partial charge in [-0.3, -0.25) is 9.98 Å². The van der Waals surface area contributed by atoms with Gasteiger partial charge >= 0.3 is 0 Å². The molecule has 6 nitrogen and oxygen atoms in total. The molecular weight excluding hydrogens is 340 g/mol. The molecule has 144 valence electrons. The summed E-state index contributed by atoms with van der Waals surface area (Å²) in [7, 11) is 1.78. The minimum absolute atomic E-state index is 0.272. The Bertz CT molecular complexity index is 715. The van der Waals surface area contributed by atoms with Gasteiger partial charge in [-0.15, -0.1) is 0 Å². The first-order valence-corrected chi connectivity index (χ1v) is 9.49. The first kappa shape index (κ1) is 19.3. The summed E-state index contributed by atoms with van der Waals surface area (Å²) in [6.07, 6.45) is 4.03. The van der Waals surface area contributed by atoms with Gasteiger partial charge in [-0.2, -0.15) is 0 Å². The standard InChI is InChI=1S/C21H28N4O2/c1-22-21(24-11-5-12-27-19-9-13-26-16-19)25-15-17-6-4-7-18(14-17)20-8-2-3-10-23-20/h2-4,6-8,10,14,19H,5,9,11-13,15-16H2,1H3,(H2,22,24,25). The van der Waals surface area contributed by atoms with Crippen molar-refractivity contribution in [2.75, 3.05) is 33.4 Å². The first-order valence-electron chi connectivity index (χ1n) is 9.49. The van der Waals surface area contributed by atoms with Gasteiger partial charge in [0.05, 0.1) is 18.4 Å². The van der Waals surface area contributed by atoms with Crippen LogP contribution in [-0.4, -0.2) is 50.5 Å². The minimum atomic E-state index is 0.272. The maximum absolute atomic E-state index is 5.77. The molecule has 1 unspecified atom stereocenters. The normalized spacial score (nSPS) is 17.1. The molecule has 2 N–H and O–H groups in total. The van der Waals surface area contributed by atoms with Crippen LogP contribution in [0, 0.1) is 0 Å². The summed E-state index contributed by atoms with van der Waals surface area (Å²) in [5.41, 5.74) is 3.28. The molecule has 0 amide bonds. The lowest BCUT2D eigenvalue weighted by Gasteiger charge is -2.13. The van der Waals surface area contributed by atoms with E-state index in [4.69, 9.17) is 9.47 Å². The highest BCUT2D eigenvalue weighted by Gasteiger charge is 2.15. The average Bonchev–Trinajstić information content (AvgIpc) is 3.24. The lowest BCUT2D eigenvalue weighted by Crippen LogP contribution is -2.37. The van der Waals surface area contributed by atoms with E-state index in [1.165, 1.54) is 5.56 Å². The van der Waals surface area contributed by atoms with E-state index in [-0.39, 0.29) is 6.10 Å². The number of hydrogen-bond donors (Lipinski definition) is 2. The molecule has 1 atom stereocenters. The number of ether oxygens (including phenoxy) is 2. The Morgan fingerprint density at radius 2 is 2.22 bits per heavy atom. The molecule has 2 aromatic rings. The summed E-state index contributed by atoms with van der Waals surface area (Å²) in [4.78, 5) is 8.69. The smallest absolute Gasteiger partial charge is 0.191 e. The van der Waals surface area contributed by atoms with Crippen molar-refractivity contribution in [3.05, 3.63) is 54.2 Å². The molecule has 0 spiro atoms. The van der Waals surface area contributed by atoms with E-state index in [1.807, 2.05) is 24.4 Å². The molecule has 1 aromatic heterocycles.